The molecule has 0 bridgehead atoms. The van der Waals surface area contributed by atoms with Crippen molar-refractivity contribution in [1.82, 2.24) is 5.32 Å². The fourth-order valence-electron chi connectivity index (χ4n) is 1.52. The summed E-state index contributed by atoms with van der Waals surface area (Å²) >= 11 is 0. The first-order valence-electron chi connectivity index (χ1n) is 6.77. The Bertz CT molecular complexity index is 407. The smallest absolute Gasteiger partial charge is 0.308 e. The maximum Gasteiger partial charge on any atom is 0.308 e. The summed E-state index contributed by atoms with van der Waals surface area (Å²) in [6.07, 6.45) is 0. The second-order valence-electron chi connectivity index (χ2n) is 5.99. The van der Waals surface area contributed by atoms with Crippen molar-refractivity contribution in [2.45, 2.75) is 46.7 Å². The van der Waals surface area contributed by atoms with Crippen molar-refractivity contribution in [2.24, 2.45) is 5.92 Å². The third-order valence-corrected chi connectivity index (χ3v) is 2.94. The van der Waals surface area contributed by atoms with Gasteiger partial charge in [-0.2, -0.15) is 0 Å². The molecule has 0 unspecified atom stereocenters. The van der Waals surface area contributed by atoms with Gasteiger partial charge >= 0.3 is 5.97 Å². The molecule has 0 fully saturated rings. The van der Waals surface area contributed by atoms with E-state index in [4.69, 9.17) is 4.74 Å². The van der Waals surface area contributed by atoms with E-state index >= 15 is 0 Å². The minimum Gasteiger partial charge on any atom is -0.464 e. The van der Waals surface area contributed by atoms with Crippen LogP contribution in [0.5, 0.6) is 0 Å². The molecule has 0 spiro atoms. The Labute approximate surface area is 116 Å². The summed E-state index contributed by atoms with van der Waals surface area (Å²) in [6.45, 7) is 11.0. The Kier molecular flexibility index (Phi) is 5.55. The van der Waals surface area contributed by atoms with Crippen molar-refractivity contribution in [3.8, 4) is 0 Å². The first-order valence-corrected chi connectivity index (χ1v) is 6.77. The van der Waals surface area contributed by atoms with Crippen LogP contribution in [0.1, 0.15) is 38.8 Å². The lowest BCUT2D eigenvalue weighted by Gasteiger charge is -2.26. The van der Waals surface area contributed by atoms with E-state index in [0.29, 0.717) is 6.61 Å². The van der Waals surface area contributed by atoms with Crippen LogP contribution in [0.2, 0.25) is 0 Å². The SMILES string of the molecule is Cc1ccc(CNC(C)(C)COC(=O)C(C)C)cc1. The summed E-state index contributed by atoms with van der Waals surface area (Å²) in [4.78, 5) is 11.5. The third kappa shape index (κ3) is 5.88. The molecule has 0 aliphatic heterocycles. The van der Waals surface area contributed by atoms with Gasteiger partial charge in [0.05, 0.1) is 5.92 Å². The quantitative estimate of drug-likeness (QED) is 0.802. The molecule has 1 aromatic rings. The lowest BCUT2D eigenvalue weighted by atomic mass is 10.1. The van der Waals surface area contributed by atoms with Crippen molar-refractivity contribution in [1.29, 1.82) is 0 Å². The number of ether oxygens (including phenoxy) is 1. The number of carbonyl (C=O) groups excluding carboxylic acids is 1. The van der Waals surface area contributed by atoms with Gasteiger partial charge in [-0.15, -0.1) is 0 Å². The number of nitrogens with one attached hydrogen (secondary N) is 1. The van der Waals surface area contributed by atoms with E-state index in [1.807, 2.05) is 27.7 Å². The first-order chi connectivity index (χ1) is 8.80. The van der Waals surface area contributed by atoms with Gasteiger partial charge < -0.3 is 10.1 Å². The summed E-state index contributed by atoms with van der Waals surface area (Å²) in [7, 11) is 0. The van der Waals surface area contributed by atoms with Crippen LogP contribution in [0.25, 0.3) is 0 Å². The highest BCUT2D eigenvalue weighted by atomic mass is 16.5. The summed E-state index contributed by atoms with van der Waals surface area (Å²) in [5, 5.41) is 3.41. The van der Waals surface area contributed by atoms with Gasteiger partial charge in [-0.1, -0.05) is 43.7 Å². The molecule has 3 heteroatoms. The third-order valence-electron chi connectivity index (χ3n) is 2.94. The average molecular weight is 263 g/mol. The molecule has 0 amide bonds. The molecule has 19 heavy (non-hydrogen) atoms. The number of aryl methyl sites for hydroxylation is 1. The van der Waals surface area contributed by atoms with Crippen molar-refractivity contribution < 1.29 is 9.53 Å². The Hall–Kier alpha value is -1.35. The molecular formula is C16H25NO2. The molecular weight excluding hydrogens is 238 g/mol. The maximum absolute atomic E-state index is 11.5. The second kappa shape index (κ2) is 6.71. The van der Waals surface area contributed by atoms with E-state index < -0.39 is 0 Å². The Morgan fingerprint density at radius 1 is 1.26 bits per heavy atom. The summed E-state index contributed by atoms with van der Waals surface area (Å²) in [6, 6.07) is 8.42. The topological polar surface area (TPSA) is 38.3 Å². The zero-order valence-corrected chi connectivity index (χ0v) is 12.6. The molecule has 1 aromatic carbocycles. The number of hydrogen-bond donors (Lipinski definition) is 1. The first kappa shape index (κ1) is 15.7. The molecule has 106 valence electrons. The largest absolute Gasteiger partial charge is 0.464 e. The predicted molar refractivity (Wildman–Crippen MR) is 77.9 cm³/mol. The van der Waals surface area contributed by atoms with E-state index in [1.54, 1.807) is 0 Å². The highest BCUT2D eigenvalue weighted by Crippen LogP contribution is 2.09. The van der Waals surface area contributed by atoms with Crippen LogP contribution < -0.4 is 5.32 Å². The monoisotopic (exact) mass is 263 g/mol. The highest BCUT2D eigenvalue weighted by molar-refractivity contribution is 5.71. The van der Waals surface area contributed by atoms with Gasteiger partial charge in [0.25, 0.3) is 0 Å². The van der Waals surface area contributed by atoms with E-state index in [2.05, 4.69) is 36.5 Å². The van der Waals surface area contributed by atoms with Gasteiger partial charge in [-0.25, -0.2) is 0 Å². The molecule has 1 rings (SSSR count). The minimum atomic E-state index is -0.227. The van der Waals surface area contributed by atoms with E-state index in [9.17, 15) is 4.79 Å². The zero-order valence-electron chi connectivity index (χ0n) is 12.6. The number of carbonyl (C=O) groups is 1. The van der Waals surface area contributed by atoms with E-state index in [1.165, 1.54) is 11.1 Å². The van der Waals surface area contributed by atoms with Crippen LogP contribution in [0.15, 0.2) is 24.3 Å². The van der Waals surface area contributed by atoms with Gasteiger partial charge in [0.1, 0.15) is 6.61 Å². The van der Waals surface area contributed by atoms with Gasteiger partial charge in [0, 0.05) is 12.1 Å². The van der Waals surface area contributed by atoms with Crippen molar-refractivity contribution >= 4 is 5.97 Å². The molecule has 0 heterocycles. The number of hydrogen-bond acceptors (Lipinski definition) is 3. The number of benzene rings is 1. The molecule has 0 aliphatic carbocycles. The van der Waals surface area contributed by atoms with Gasteiger partial charge in [0.15, 0.2) is 0 Å². The van der Waals surface area contributed by atoms with Crippen LogP contribution in [-0.2, 0) is 16.1 Å². The summed E-state index contributed by atoms with van der Waals surface area (Å²) in [5.74, 6) is -0.224. The Balaban J connectivity index is 2.42. The summed E-state index contributed by atoms with van der Waals surface area (Å²) < 4.78 is 5.27. The van der Waals surface area contributed by atoms with E-state index in [0.717, 1.165) is 6.54 Å². The zero-order chi connectivity index (χ0) is 14.5. The van der Waals surface area contributed by atoms with Crippen LogP contribution >= 0.6 is 0 Å². The molecule has 0 atom stereocenters. The fraction of sp³-hybridized carbons (Fsp3) is 0.562. The summed E-state index contributed by atoms with van der Waals surface area (Å²) in [5.41, 5.74) is 2.26. The molecule has 0 saturated heterocycles. The van der Waals surface area contributed by atoms with Crippen molar-refractivity contribution in [2.75, 3.05) is 6.61 Å². The minimum absolute atomic E-state index is 0.0760. The van der Waals surface area contributed by atoms with Crippen molar-refractivity contribution in [3.63, 3.8) is 0 Å². The van der Waals surface area contributed by atoms with Crippen molar-refractivity contribution in [3.05, 3.63) is 35.4 Å². The second-order valence-corrected chi connectivity index (χ2v) is 5.99. The normalized spacial score (nSPS) is 11.7. The molecule has 0 radical (unpaired) electrons. The molecule has 3 nitrogen and oxygen atoms in total. The standard InChI is InChI=1S/C16H25NO2/c1-12(2)15(18)19-11-16(4,5)17-10-14-8-6-13(3)7-9-14/h6-9,12,17H,10-11H2,1-5H3. The molecule has 1 N–H and O–H groups in total. The Morgan fingerprint density at radius 2 is 1.84 bits per heavy atom. The Morgan fingerprint density at radius 3 is 2.37 bits per heavy atom. The average Bonchev–Trinajstić information content (AvgIpc) is 2.35. The van der Waals surface area contributed by atoms with Crippen LogP contribution in [0.4, 0.5) is 0 Å². The highest BCUT2D eigenvalue weighted by Gasteiger charge is 2.20. The van der Waals surface area contributed by atoms with Crippen LogP contribution in [0.3, 0.4) is 0 Å². The van der Waals surface area contributed by atoms with Gasteiger partial charge in [-0.3, -0.25) is 4.79 Å². The molecule has 0 aliphatic rings. The number of rotatable bonds is 6. The lowest BCUT2D eigenvalue weighted by molar-refractivity contribution is -0.149. The maximum atomic E-state index is 11.5. The van der Waals surface area contributed by atoms with Gasteiger partial charge in [0.2, 0.25) is 0 Å². The van der Waals surface area contributed by atoms with Gasteiger partial charge in [-0.05, 0) is 26.3 Å². The van der Waals surface area contributed by atoms with E-state index in [-0.39, 0.29) is 17.4 Å². The number of esters is 1. The lowest BCUT2D eigenvalue weighted by Crippen LogP contribution is -2.43. The fourth-order valence-corrected chi connectivity index (χ4v) is 1.52. The molecule has 0 aromatic heterocycles. The molecule has 0 saturated carbocycles. The van der Waals surface area contributed by atoms with Crippen LogP contribution in [0, 0.1) is 12.8 Å². The predicted octanol–water partition coefficient (Wildman–Crippen LogP) is 3.06. The van der Waals surface area contributed by atoms with Crippen LogP contribution in [-0.4, -0.2) is 18.1 Å².